The standard InChI is InChI=1S/C17H24N2OS/c1-5-6-14-16(9-18)21-17(19-14)10-20-15-8-11(2)7-12(3)13(15)4/h7-8H,5-6,9-10,18H2,1-4H3. The number of aryl methyl sites for hydroxylation is 3. The predicted molar refractivity (Wildman–Crippen MR) is 89.0 cm³/mol. The maximum absolute atomic E-state index is 5.98. The minimum Gasteiger partial charge on any atom is -0.486 e. The van der Waals surface area contributed by atoms with Gasteiger partial charge in [0, 0.05) is 11.4 Å². The molecule has 2 aromatic rings. The van der Waals surface area contributed by atoms with Crippen LogP contribution in [0.25, 0.3) is 0 Å². The van der Waals surface area contributed by atoms with Crippen molar-refractivity contribution in [3.63, 3.8) is 0 Å². The molecule has 2 rings (SSSR count). The van der Waals surface area contributed by atoms with Gasteiger partial charge >= 0.3 is 0 Å². The molecule has 0 radical (unpaired) electrons. The molecule has 0 fully saturated rings. The summed E-state index contributed by atoms with van der Waals surface area (Å²) in [5, 5.41) is 1.01. The summed E-state index contributed by atoms with van der Waals surface area (Å²) in [6.45, 7) is 9.55. The van der Waals surface area contributed by atoms with Crippen LogP contribution in [0.2, 0.25) is 0 Å². The first-order valence-electron chi connectivity index (χ1n) is 7.43. The summed E-state index contributed by atoms with van der Waals surface area (Å²) in [5.74, 6) is 0.953. The highest BCUT2D eigenvalue weighted by atomic mass is 32.1. The largest absolute Gasteiger partial charge is 0.486 e. The molecule has 0 saturated heterocycles. The third-order valence-corrected chi connectivity index (χ3v) is 4.70. The quantitative estimate of drug-likeness (QED) is 0.875. The lowest BCUT2D eigenvalue weighted by Crippen LogP contribution is -1.99. The molecule has 1 aromatic carbocycles. The van der Waals surface area contributed by atoms with Gasteiger partial charge in [-0.15, -0.1) is 11.3 Å². The molecule has 0 aliphatic heterocycles. The summed E-state index contributed by atoms with van der Waals surface area (Å²) in [6, 6.07) is 4.27. The van der Waals surface area contributed by atoms with Crippen molar-refractivity contribution in [2.24, 2.45) is 5.73 Å². The fourth-order valence-corrected chi connectivity index (χ4v) is 3.29. The second-order valence-electron chi connectivity index (χ2n) is 5.43. The fourth-order valence-electron chi connectivity index (χ4n) is 2.38. The highest BCUT2D eigenvalue weighted by Crippen LogP contribution is 2.26. The zero-order valence-corrected chi connectivity index (χ0v) is 14.1. The van der Waals surface area contributed by atoms with Gasteiger partial charge < -0.3 is 10.5 Å². The lowest BCUT2D eigenvalue weighted by Gasteiger charge is -2.11. The van der Waals surface area contributed by atoms with E-state index in [1.807, 2.05) is 0 Å². The molecule has 1 aromatic heterocycles. The third kappa shape index (κ3) is 3.83. The molecular formula is C17H24N2OS. The summed E-state index contributed by atoms with van der Waals surface area (Å²) >= 11 is 1.67. The SMILES string of the molecule is CCCc1nc(COc2cc(C)cc(C)c2C)sc1CN. The number of ether oxygens (including phenoxy) is 1. The van der Waals surface area contributed by atoms with Gasteiger partial charge in [0.25, 0.3) is 0 Å². The van der Waals surface area contributed by atoms with Crippen LogP contribution in [0.5, 0.6) is 5.75 Å². The summed E-state index contributed by atoms with van der Waals surface area (Å²) < 4.78 is 5.98. The van der Waals surface area contributed by atoms with Gasteiger partial charge in [-0.25, -0.2) is 4.98 Å². The van der Waals surface area contributed by atoms with E-state index < -0.39 is 0 Å². The Kier molecular flexibility index (Phi) is 5.37. The van der Waals surface area contributed by atoms with Crippen LogP contribution in [0.4, 0.5) is 0 Å². The van der Waals surface area contributed by atoms with E-state index in [1.54, 1.807) is 11.3 Å². The van der Waals surface area contributed by atoms with E-state index in [1.165, 1.54) is 21.6 Å². The van der Waals surface area contributed by atoms with Crippen molar-refractivity contribution < 1.29 is 4.74 Å². The lowest BCUT2D eigenvalue weighted by atomic mass is 10.1. The van der Waals surface area contributed by atoms with E-state index in [9.17, 15) is 0 Å². The predicted octanol–water partition coefficient (Wildman–Crippen LogP) is 4.06. The van der Waals surface area contributed by atoms with Crippen LogP contribution in [-0.4, -0.2) is 4.98 Å². The number of rotatable bonds is 6. The Morgan fingerprint density at radius 3 is 2.67 bits per heavy atom. The first kappa shape index (κ1) is 16.0. The molecule has 2 N–H and O–H groups in total. The number of nitrogens with zero attached hydrogens (tertiary/aromatic N) is 1. The molecule has 0 spiro atoms. The maximum atomic E-state index is 5.98. The molecule has 0 atom stereocenters. The molecule has 4 heteroatoms. The number of nitrogens with two attached hydrogens (primary N) is 1. The lowest BCUT2D eigenvalue weighted by molar-refractivity contribution is 0.302. The van der Waals surface area contributed by atoms with Gasteiger partial charge in [-0.2, -0.15) is 0 Å². The topological polar surface area (TPSA) is 48.1 Å². The highest BCUT2D eigenvalue weighted by Gasteiger charge is 2.11. The molecule has 114 valence electrons. The summed E-state index contributed by atoms with van der Waals surface area (Å²) in [7, 11) is 0. The minimum atomic E-state index is 0.519. The normalized spacial score (nSPS) is 10.9. The van der Waals surface area contributed by atoms with E-state index in [0.717, 1.165) is 29.3 Å². The summed E-state index contributed by atoms with van der Waals surface area (Å²) in [6.07, 6.45) is 2.08. The monoisotopic (exact) mass is 304 g/mol. The van der Waals surface area contributed by atoms with E-state index >= 15 is 0 Å². The Morgan fingerprint density at radius 2 is 2.00 bits per heavy atom. The Morgan fingerprint density at radius 1 is 1.24 bits per heavy atom. The Bertz CT molecular complexity index is 619. The number of aromatic nitrogens is 1. The number of hydrogen-bond donors (Lipinski definition) is 1. The fraction of sp³-hybridized carbons (Fsp3) is 0.471. The second-order valence-corrected chi connectivity index (χ2v) is 6.59. The third-order valence-electron chi connectivity index (χ3n) is 3.61. The second kappa shape index (κ2) is 7.05. The Balaban J connectivity index is 2.13. The van der Waals surface area contributed by atoms with Crippen LogP contribution < -0.4 is 10.5 Å². The molecule has 0 amide bonds. The van der Waals surface area contributed by atoms with Crippen LogP contribution in [0.15, 0.2) is 12.1 Å². The zero-order chi connectivity index (χ0) is 15.4. The molecule has 0 bridgehead atoms. The molecule has 3 nitrogen and oxygen atoms in total. The van der Waals surface area contributed by atoms with Crippen LogP contribution in [0.1, 0.15) is 45.6 Å². The van der Waals surface area contributed by atoms with Gasteiger partial charge in [-0.05, 0) is 49.9 Å². The van der Waals surface area contributed by atoms with E-state index in [-0.39, 0.29) is 0 Å². The van der Waals surface area contributed by atoms with Crippen molar-refractivity contribution in [1.29, 1.82) is 0 Å². The van der Waals surface area contributed by atoms with Crippen LogP contribution >= 0.6 is 11.3 Å². The van der Waals surface area contributed by atoms with Crippen molar-refractivity contribution >= 4 is 11.3 Å². The Labute approximate surface area is 131 Å². The first-order valence-corrected chi connectivity index (χ1v) is 8.25. The van der Waals surface area contributed by atoms with Gasteiger partial charge in [0.15, 0.2) is 0 Å². The van der Waals surface area contributed by atoms with Crippen molar-refractivity contribution in [1.82, 2.24) is 4.98 Å². The van der Waals surface area contributed by atoms with Gasteiger partial charge in [0.2, 0.25) is 0 Å². The van der Waals surface area contributed by atoms with Gasteiger partial charge in [-0.3, -0.25) is 0 Å². The van der Waals surface area contributed by atoms with Crippen molar-refractivity contribution in [3.05, 3.63) is 44.4 Å². The van der Waals surface area contributed by atoms with Gasteiger partial charge in [0.1, 0.15) is 17.4 Å². The maximum Gasteiger partial charge on any atom is 0.140 e. The van der Waals surface area contributed by atoms with E-state index in [2.05, 4.69) is 44.8 Å². The van der Waals surface area contributed by atoms with Gasteiger partial charge in [-0.1, -0.05) is 19.4 Å². The minimum absolute atomic E-state index is 0.519. The van der Waals surface area contributed by atoms with Crippen molar-refractivity contribution in [2.75, 3.05) is 0 Å². The van der Waals surface area contributed by atoms with Crippen molar-refractivity contribution in [2.45, 2.75) is 53.7 Å². The molecule has 0 aliphatic carbocycles. The molecule has 21 heavy (non-hydrogen) atoms. The number of benzene rings is 1. The van der Waals surface area contributed by atoms with Crippen LogP contribution in [-0.2, 0) is 19.6 Å². The average molecular weight is 304 g/mol. The molecule has 1 heterocycles. The molecule has 0 aliphatic rings. The molecule has 0 saturated carbocycles. The summed E-state index contributed by atoms with van der Waals surface area (Å²) in [4.78, 5) is 5.86. The van der Waals surface area contributed by atoms with Crippen molar-refractivity contribution in [3.8, 4) is 5.75 Å². The van der Waals surface area contributed by atoms with Gasteiger partial charge in [0.05, 0.1) is 5.69 Å². The highest BCUT2D eigenvalue weighted by molar-refractivity contribution is 7.11. The first-order chi connectivity index (χ1) is 10.0. The van der Waals surface area contributed by atoms with E-state index in [0.29, 0.717) is 13.2 Å². The smallest absolute Gasteiger partial charge is 0.140 e. The summed E-state index contributed by atoms with van der Waals surface area (Å²) in [5.41, 5.74) is 10.6. The van der Waals surface area contributed by atoms with E-state index in [4.69, 9.17) is 10.5 Å². The van der Waals surface area contributed by atoms with Crippen LogP contribution in [0, 0.1) is 20.8 Å². The average Bonchev–Trinajstić information content (AvgIpc) is 2.84. The van der Waals surface area contributed by atoms with Crippen LogP contribution in [0.3, 0.4) is 0 Å². The molecular weight excluding hydrogens is 280 g/mol. The number of thiazole rings is 1. The zero-order valence-electron chi connectivity index (χ0n) is 13.3. The number of hydrogen-bond acceptors (Lipinski definition) is 4. The molecule has 0 unspecified atom stereocenters. The Hall–Kier alpha value is -1.39.